The van der Waals surface area contributed by atoms with E-state index in [1.54, 1.807) is 6.07 Å². The molecule has 1 aliphatic carbocycles. The van der Waals surface area contributed by atoms with Crippen LogP contribution in [0.5, 0.6) is 0 Å². The zero-order valence-corrected chi connectivity index (χ0v) is 12.6. The normalized spacial score (nSPS) is 22.4. The van der Waals surface area contributed by atoms with Gasteiger partial charge in [-0.15, -0.1) is 0 Å². The van der Waals surface area contributed by atoms with Crippen LogP contribution in [0.2, 0.25) is 0 Å². The van der Waals surface area contributed by atoms with Gasteiger partial charge in [-0.2, -0.15) is 0 Å². The van der Waals surface area contributed by atoms with Crippen LogP contribution in [-0.4, -0.2) is 26.2 Å². The highest BCUT2D eigenvalue weighted by molar-refractivity contribution is 5.97. The van der Waals surface area contributed by atoms with Crippen LogP contribution in [0.1, 0.15) is 43.0 Å². The second-order valence-corrected chi connectivity index (χ2v) is 5.79. The van der Waals surface area contributed by atoms with Gasteiger partial charge >= 0.3 is 5.97 Å². The number of nitrogens with zero attached hydrogens (tertiary/aromatic N) is 1. The third-order valence-corrected chi connectivity index (χ3v) is 4.34. The summed E-state index contributed by atoms with van der Waals surface area (Å²) in [7, 11) is 3.45. The van der Waals surface area contributed by atoms with Gasteiger partial charge in [0.05, 0.1) is 18.4 Å². The van der Waals surface area contributed by atoms with Gasteiger partial charge < -0.3 is 15.4 Å². The first-order valence-corrected chi connectivity index (χ1v) is 7.23. The Morgan fingerprint density at radius 3 is 2.55 bits per heavy atom. The summed E-state index contributed by atoms with van der Waals surface area (Å²) in [6, 6.07) is 5.94. The number of carbonyl (C=O) groups is 1. The molecule has 2 N–H and O–H groups in total. The zero-order chi connectivity index (χ0) is 14.7. The van der Waals surface area contributed by atoms with Crippen molar-refractivity contribution < 1.29 is 9.53 Å². The first-order chi connectivity index (χ1) is 9.52. The van der Waals surface area contributed by atoms with Crippen LogP contribution in [0.15, 0.2) is 18.2 Å². The highest BCUT2D eigenvalue weighted by atomic mass is 16.5. The third kappa shape index (κ3) is 3.06. The van der Waals surface area contributed by atoms with E-state index < -0.39 is 0 Å². The van der Waals surface area contributed by atoms with E-state index in [-0.39, 0.29) is 5.97 Å². The molecule has 0 bridgehead atoms. The predicted octanol–water partition coefficient (Wildman–Crippen LogP) is 3.07. The van der Waals surface area contributed by atoms with Crippen LogP contribution in [0.3, 0.4) is 0 Å². The first-order valence-electron chi connectivity index (χ1n) is 7.23. The monoisotopic (exact) mass is 276 g/mol. The highest BCUT2D eigenvalue weighted by Crippen LogP contribution is 2.31. The molecule has 0 radical (unpaired) electrons. The molecule has 0 heterocycles. The Kier molecular flexibility index (Phi) is 4.53. The number of benzene rings is 1. The van der Waals surface area contributed by atoms with Gasteiger partial charge in [0.25, 0.3) is 0 Å². The van der Waals surface area contributed by atoms with Crippen molar-refractivity contribution in [2.75, 3.05) is 24.8 Å². The number of nitrogen functional groups attached to an aromatic ring is 1. The second kappa shape index (κ2) is 6.16. The van der Waals surface area contributed by atoms with E-state index in [1.807, 2.05) is 12.1 Å². The number of esters is 1. The maximum Gasteiger partial charge on any atom is 0.340 e. The molecule has 0 atom stereocenters. The molecule has 1 aromatic rings. The van der Waals surface area contributed by atoms with Crippen molar-refractivity contribution in [2.24, 2.45) is 5.92 Å². The van der Waals surface area contributed by atoms with Crippen molar-refractivity contribution in [3.05, 3.63) is 23.8 Å². The minimum absolute atomic E-state index is 0.330. The first kappa shape index (κ1) is 14.7. The molecular formula is C16H24N2O2. The molecule has 20 heavy (non-hydrogen) atoms. The molecule has 0 amide bonds. The molecule has 110 valence electrons. The van der Waals surface area contributed by atoms with Crippen LogP contribution in [0.25, 0.3) is 0 Å². The molecule has 1 fully saturated rings. The Labute approximate surface area is 120 Å². The maximum atomic E-state index is 11.9. The summed E-state index contributed by atoms with van der Waals surface area (Å²) in [4.78, 5) is 14.1. The molecule has 4 heteroatoms. The number of ether oxygens (including phenoxy) is 1. The van der Waals surface area contributed by atoms with Crippen molar-refractivity contribution in [1.82, 2.24) is 0 Å². The summed E-state index contributed by atoms with van der Waals surface area (Å²) in [5.41, 5.74) is 7.83. The molecule has 0 aromatic heterocycles. The van der Waals surface area contributed by atoms with E-state index in [9.17, 15) is 4.79 Å². The minimum Gasteiger partial charge on any atom is -0.465 e. The Morgan fingerprint density at radius 1 is 1.30 bits per heavy atom. The van der Waals surface area contributed by atoms with Gasteiger partial charge in [-0.3, -0.25) is 0 Å². The fraction of sp³-hybridized carbons (Fsp3) is 0.562. The lowest BCUT2D eigenvalue weighted by Gasteiger charge is -2.35. The van der Waals surface area contributed by atoms with Crippen molar-refractivity contribution >= 4 is 17.3 Å². The van der Waals surface area contributed by atoms with Gasteiger partial charge in [-0.1, -0.05) is 6.92 Å². The number of rotatable bonds is 3. The SMILES string of the molecule is COC(=O)c1cc(N)ccc1N(C)C1CCC(C)CC1. The number of methoxy groups -OCH3 is 1. The van der Waals surface area contributed by atoms with Crippen molar-refractivity contribution in [3.8, 4) is 0 Å². The zero-order valence-electron chi connectivity index (χ0n) is 12.6. The van der Waals surface area contributed by atoms with Crippen molar-refractivity contribution in [3.63, 3.8) is 0 Å². The summed E-state index contributed by atoms with van der Waals surface area (Å²) >= 11 is 0. The summed E-state index contributed by atoms with van der Waals surface area (Å²) in [5.74, 6) is 0.481. The standard InChI is InChI=1S/C16H24N2O2/c1-11-4-7-13(8-5-11)18(2)15-9-6-12(17)10-14(15)16(19)20-3/h6,9-11,13H,4-5,7-8,17H2,1-3H3. The number of hydrogen-bond donors (Lipinski definition) is 1. The fourth-order valence-electron chi connectivity index (χ4n) is 2.96. The number of nitrogens with two attached hydrogens (primary N) is 1. The fourth-order valence-corrected chi connectivity index (χ4v) is 2.96. The Balaban J connectivity index is 2.25. The molecule has 1 aromatic carbocycles. The van der Waals surface area contributed by atoms with E-state index in [0.29, 0.717) is 17.3 Å². The van der Waals surface area contributed by atoms with Gasteiger partial charge in [-0.05, 0) is 49.8 Å². The summed E-state index contributed by atoms with van der Waals surface area (Å²) in [6.07, 6.45) is 4.83. The average Bonchev–Trinajstić information content (AvgIpc) is 2.46. The molecule has 2 rings (SSSR count). The van der Waals surface area contributed by atoms with Gasteiger partial charge in [-0.25, -0.2) is 4.79 Å². The molecule has 4 nitrogen and oxygen atoms in total. The molecule has 0 spiro atoms. The highest BCUT2D eigenvalue weighted by Gasteiger charge is 2.25. The van der Waals surface area contributed by atoms with Crippen LogP contribution in [0, 0.1) is 5.92 Å². The number of anilines is 2. The lowest BCUT2D eigenvalue weighted by Crippen LogP contribution is -2.35. The minimum atomic E-state index is -0.330. The smallest absolute Gasteiger partial charge is 0.340 e. The predicted molar refractivity (Wildman–Crippen MR) is 82.0 cm³/mol. The Morgan fingerprint density at radius 2 is 1.95 bits per heavy atom. The lowest BCUT2D eigenvalue weighted by atomic mass is 9.86. The van der Waals surface area contributed by atoms with Gasteiger partial charge in [0, 0.05) is 18.8 Å². The van der Waals surface area contributed by atoms with Crippen molar-refractivity contribution in [1.29, 1.82) is 0 Å². The van der Waals surface area contributed by atoms with E-state index in [0.717, 1.165) is 11.6 Å². The Bertz CT molecular complexity index is 479. The van der Waals surface area contributed by atoms with Crippen LogP contribution >= 0.6 is 0 Å². The average molecular weight is 276 g/mol. The van der Waals surface area contributed by atoms with Gasteiger partial charge in [0.2, 0.25) is 0 Å². The molecule has 1 saturated carbocycles. The number of carbonyl (C=O) groups excluding carboxylic acids is 1. The van der Waals surface area contributed by atoms with Crippen LogP contribution in [-0.2, 0) is 4.74 Å². The molecule has 0 aliphatic heterocycles. The third-order valence-electron chi connectivity index (χ3n) is 4.34. The van der Waals surface area contributed by atoms with E-state index in [4.69, 9.17) is 10.5 Å². The van der Waals surface area contributed by atoms with Crippen molar-refractivity contribution in [2.45, 2.75) is 38.6 Å². The van der Waals surface area contributed by atoms with Gasteiger partial charge in [0.1, 0.15) is 0 Å². The van der Waals surface area contributed by atoms with E-state index in [2.05, 4.69) is 18.9 Å². The quantitative estimate of drug-likeness (QED) is 0.681. The molecule has 0 saturated heterocycles. The summed E-state index contributed by atoms with van der Waals surface area (Å²) in [5, 5.41) is 0. The maximum absolute atomic E-state index is 11.9. The van der Waals surface area contributed by atoms with E-state index >= 15 is 0 Å². The summed E-state index contributed by atoms with van der Waals surface area (Å²) in [6.45, 7) is 2.30. The summed E-state index contributed by atoms with van der Waals surface area (Å²) < 4.78 is 4.87. The number of hydrogen-bond acceptors (Lipinski definition) is 4. The van der Waals surface area contributed by atoms with Gasteiger partial charge in [0.15, 0.2) is 0 Å². The lowest BCUT2D eigenvalue weighted by molar-refractivity contribution is 0.0601. The van der Waals surface area contributed by atoms with E-state index in [1.165, 1.54) is 32.8 Å². The second-order valence-electron chi connectivity index (χ2n) is 5.79. The molecule has 1 aliphatic rings. The molecule has 0 unspecified atom stereocenters. The Hall–Kier alpha value is -1.71. The van der Waals surface area contributed by atoms with Crippen LogP contribution in [0.4, 0.5) is 11.4 Å². The largest absolute Gasteiger partial charge is 0.465 e. The van der Waals surface area contributed by atoms with Crippen LogP contribution < -0.4 is 10.6 Å². The molecular weight excluding hydrogens is 252 g/mol. The topological polar surface area (TPSA) is 55.6 Å².